The quantitative estimate of drug-likeness (QED) is 0.680. The number of ether oxygens (including phenoxy) is 2. The Bertz CT molecular complexity index is 845. The summed E-state index contributed by atoms with van der Waals surface area (Å²) >= 11 is 12.3. The van der Waals surface area contributed by atoms with Gasteiger partial charge in [0.15, 0.2) is 0 Å². The van der Waals surface area contributed by atoms with Crippen molar-refractivity contribution >= 4 is 40.9 Å². The van der Waals surface area contributed by atoms with Gasteiger partial charge in [-0.15, -0.1) is 0 Å². The second-order valence-electron chi connectivity index (χ2n) is 7.23. The molecule has 1 aromatic carbocycles. The first-order valence-corrected chi connectivity index (χ1v) is 10.7. The second-order valence-corrected chi connectivity index (χ2v) is 8.05. The summed E-state index contributed by atoms with van der Waals surface area (Å²) in [7, 11) is 0. The van der Waals surface area contributed by atoms with Crippen LogP contribution in [0.15, 0.2) is 12.1 Å². The Labute approximate surface area is 185 Å². The van der Waals surface area contributed by atoms with Gasteiger partial charge >= 0.3 is 6.09 Å². The predicted octanol–water partition coefficient (Wildman–Crippen LogP) is 3.58. The van der Waals surface area contributed by atoms with Crippen molar-refractivity contribution in [1.29, 1.82) is 5.26 Å². The van der Waals surface area contributed by atoms with Crippen LogP contribution in [0.4, 0.5) is 10.5 Å². The molecule has 0 aliphatic carbocycles. The highest BCUT2D eigenvalue weighted by atomic mass is 35.5. The molecule has 2 aliphatic heterocycles. The molecule has 0 saturated carbocycles. The van der Waals surface area contributed by atoms with E-state index in [2.05, 4.69) is 16.7 Å². The first kappa shape index (κ1) is 22.5. The summed E-state index contributed by atoms with van der Waals surface area (Å²) in [4.78, 5) is 26.0. The lowest BCUT2D eigenvalue weighted by atomic mass is 10.1. The third-order valence-corrected chi connectivity index (χ3v) is 5.81. The van der Waals surface area contributed by atoms with E-state index < -0.39 is 6.09 Å². The molecule has 2 amide bonds. The first-order valence-electron chi connectivity index (χ1n) is 9.94. The van der Waals surface area contributed by atoms with Gasteiger partial charge in [0.05, 0.1) is 34.5 Å². The van der Waals surface area contributed by atoms with E-state index in [9.17, 15) is 14.9 Å². The van der Waals surface area contributed by atoms with E-state index in [1.165, 1.54) is 6.07 Å². The van der Waals surface area contributed by atoms with E-state index >= 15 is 0 Å². The molecule has 0 spiro atoms. The molecule has 162 valence electrons. The maximum atomic E-state index is 12.7. The van der Waals surface area contributed by atoms with Crippen LogP contribution in [0.25, 0.3) is 0 Å². The van der Waals surface area contributed by atoms with E-state index in [1.54, 1.807) is 17.9 Å². The predicted molar refractivity (Wildman–Crippen MR) is 113 cm³/mol. The van der Waals surface area contributed by atoms with Gasteiger partial charge in [0.25, 0.3) is 0 Å². The molecule has 2 saturated heterocycles. The molecule has 1 aromatic rings. The van der Waals surface area contributed by atoms with Crippen LogP contribution in [0.2, 0.25) is 10.0 Å². The Kier molecular flexibility index (Phi) is 7.64. The molecule has 0 aromatic heterocycles. The molecule has 2 heterocycles. The Morgan fingerprint density at radius 2 is 2.10 bits per heavy atom. The third-order valence-electron chi connectivity index (χ3n) is 5.20. The van der Waals surface area contributed by atoms with Gasteiger partial charge in [-0.25, -0.2) is 4.79 Å². The molecule has 3 atom stereocenters. The summed E-state index contributed by atoms with van der Waals surface area (Å²) in [5, 5.41) is 15.6. The number of rotatable bonds is 6. The lowest BCUT2D eigenvalue weighted by Gasteiger charge is -2.24. The minimum Gasteiger partial charge on any atom is -0.490 e. The van der Waals surface area contributed by atoms with Crippen LogP contribution in [0, 0.1) is 11.3 Å². The lowest BCUT2D eigenvalue weighted by molar-refractivity contribution is -0.133. The lowest BCUT2D eigenvalue weighted by Crippen LogP contribution is -2.47. The Morgan fingerprint density at radius 3 is 2.83 bits per heavy atom. The summed E-state index contributed by atoms with van der Waals surface area (Å²) in [6, 6.07) is 4.57. The topological polar surface area (TPSA) is 104 Å². The van der Waals surface area contributed by atoms with Crippen LogP contribution < -0.4 is 15.4 Å². The maximum Gasteiger partial charge on any atom is 0.411 e. The summed E-state index contributed by atoms with van der Waals surface area (Å²) < 4.78 is 10.7. The first-order chi connectivity index (χ1) is 14.4. The summed E-state index contributed by atoms with van der Waals surface area (Å²) in [5.41, 5.74) is 0.332. The highest BCUT2D eigenvalue weighted by Gasteiger charge is 2.37. The number of halogens is 2. The zero-order chi connectivity index (χ0) is 21.7. The van der Waals surface area contributed by atoms with E-state index in [-0.39, 0.29) is 35.7 Å². The van der Waals surface area contributed by atoms with Gasteiger partial charge in [-0.3, -0.25) is 15.4 Å². The van der Waals surface area contributed by atoms with Crippen LogP contribution in [0.5, 0.6) is 5.75 Å². The van der Waals surface area contributed by atoms with Crippen molar-refractivity contribution < 1.29 is 19.1 Å². The van der Waals surface area contributed by atoms with Crippen LogP contribution in [-0.4, -0.2) is 54.8 Å². The molecule has 2 fully saturated rings. The minimum absolute atomic E-state index is 0.0213. The van der Waals surface area contributed by atoms with Crippen molar-refractivity contribution in [3.63, 3.8) is 0 Å². The molecule has 0 radical (unpaired) electrons. The van der Waals surface area contributed by atoms with Crippen molar-refractivity contribution in [3.05, 3.63) is 22.2 Å². The molecule has 10 heteroatoms. The maximum absolute atomic E-state index is 12.7. The number of carbonyl (C=O) groups excluding carboxylic acids is 2. The Hall–Kier alpha value is -2.21. The highest BCUT2D eigenvalue weighted by molar-refractivity contribution is 6.37. The van der Waals surface area contributed by atoms with Gasteiger partial charge in [-0.2, -0.15) is 5.26 Å². The molecule has 2 N–H and O–H groups in total. The summed E-state index contributed by atoms with van der Waals surface area (Å²) in [6.07, 6.45) is 2.43. The Balaban J connectivity index is 1.56. The number of carbonyl (C=O) groups is 2. The molecule has 0 unspecified atom stereocenters. The van der Waals surface area contributed by atoms with Crippen molar-refractivity contribution in [2.24, 2.45) is 0 Å². The smallest absolute Gasteiger partial charge is 0.411 e. The third kappa shape index (κ3) is 5.28. The number of anilines is 1. The fraction of sp³-hybridized carbons (Fsp3) is 0.550. The van der Waals surface area contributed by atoms with Crippen molar-refractivity contribution in [1.82, 2.24) is 10.2 Å². The van der Waals surface area contributed by atoms with Gasteiger partial charge in [0, 0.05) is 18.7 Å². The van der Waals surface area contributed by atoms with Crippen molar-refractivity contribution in [2.45, 2.75) is 50.7 Å². The number of nitriles is 1. The summed E-state index contributed by atoms with van der Waals surface area (Å²) in [5.74, 6) is 0.348. The average molecular weight is 455 g/mol. The van der Waals surface area contributed by atoms with Gasteiger partial charge in [-0.1, -0.05) is 23.2 Å². The van der Waals surface area contributed by atoms with Gasteiger partial charge in [0.2, 0.25) is 5.91 Å². The Morgan fingerprint density at radius 1 is 1.30 bits per heavy atom. The van der Waals surface area contributed by atoms with Gasteiger partial charge < -0.3 is 14.4 Å². The zero-order valence-corrected chi connectivity index (χ0v) is 18.1. The number of nitrogens with one attached hydrogen (secondary N) is 2. The van der Waals surface area contributed by atoms with Crippen molar-refractivity contribution in [3.8, 4) is 11.8 Å². The fourth-order valence-corrected chi connectivity index (χ4v) is 4.20. The summed E-state index contributed by atoms with van der Waals surface area (Å²) in [6.45, 7) is 2.87. The second kappa shape index (κ2) is 10.2. The normalized spacial score (nSPS) is 23.1. The molecule has 30 heavy (non-hydrogen) atoms. The van der Waals surface area contributed by atoms with Crippen LogP contribution >= 0.6 is 23.2 Å². The number of nitrogens with zero attached hydrogens (tertiary/aromatic N) is 2. The van der Waals surface area contributed by atoms with E-state index in [1.807, 2.05) is 0 Å². The molecule has 8 nitrogen and oxygen atoms in total. The van der Waals surface area contributed by atoms with Crippen LogP contribution in [0.1, 0.15) is 32.6 Å². The number of benzene rings is 1. The average Bonchev–Trinajstić information content (AvgIpc) is 3.38. The minimum atomic E-state index is -0.621. The molecular formula is C20H24Cl2N4O4. The van der Waals surface area contributed by atoms with Gasteiger partial charge in [0.1, 0.15) is 18.4 Å². The van der Waals surface area contributed by atoms with Crippen LogP contribution in [-0.2, 0) is 9.53 Å². The number of amides is 2. The molecular weight excluding hydrogens is 431 g/mol. The zero-order valence-electron chi connectivity index (χ0n) is 16.6. The SMILES string of the molecule is CCOC(=O)Nc1cc(OC[C@H]2CC[C@@H](C(=O)N3CCC[C@H]3C#N)N2)c(Cl)cc1Cl. The number of likely N-dealkylation sites (tertiary alicyclic amines) is 1. The molecule has 3 rings (SSSR count). The number of hydrogen-bond donors (Lipinski definition) is 2. The monoisotopic (exact) mass is 454 g/mol. The van der Waals surface area contributed by atoms with E-state index in [0.29, 0.717) is 36.0 Å². The number of hydrogen-bond acceptors (Lipinski definition) is 6. The molecule has 0 bridgehead atoms. The van der Waals surface area contributed by atoms with E-state index in [0.717, 1.165) is 19.3 Å². The van der Waals surface area contributed by atoms with Crippen molar-refractivity contribution in [2.75, 3.05) is 25.1 Å². The van der Waals surface area contributed by atoms with Crippen LogP contribution in [0.3, 0.4) is 0 Å². The molecule has 2 aliphatic rings. The largest absolute Gasteiger partial charge is 0.490 e. The fourth-order valence-electron chi connectivity index (χ4n) is 3.71. The highest BCUT2D eigenvalue weighted by Crippen LogP contribution is 2.34. The van der Waals surface area contributed by atoms with Gasteiger partial charge in [-0.05, 0) is 38.7 Å². The van der Waals surface area contributed by atoms with E-state index in [4.69, 9.17) is 32.7 Å². The standard InChI is InChI=1S/C20H24Cl2N4O4/c1-2-29-20(28)25-17-9-18(15(22)8-14(17)21)30-11-12-5-6-16(24-12)19(27)26-7-3-4-13(26)10-23/h8-9,12-13,16,24H,2-7,11H2,1H3,(H,25,28)/t12-,13+,16+/m1/s1.